The predicted molar refractivity (Wildman–Crippen MR) is 102 cm³/mol. The number of amides is 1. The third-order valence-electron chi connectivity index (χ3n) is 3.89. The zero-order valence-electron chi connectivity index (χ0n) is 13.9. The quantitative estimate of drug-likeness (QED) is 0.673. The first-order chi connectivity index (χ1) is 12.1. The topological polar surface area (TPSA) is 59.8 Å². The second kappa shape index (κ2) is 8.07. The highest BCUT2D eigenvalue weighted by Gasteiger charge is 2.10. The zero-order chi connectivity index (χ0) is 17.6. The Morgan fingerprint density at radius 3 is 2.72 bits per heavy atom. The van der Waals surface area contributed by atoms with Crippen molar-refractivity contribution < 1.29 is 4.79 Å². The van der Waals surface area contributed by atoms with Gasteiger partial charge in [-0.2, -0.15) is 5.10 Å². The molecule has 5 nitrogen and oxygen atoms in total. The highest BCUT2D eigenvalue weighted by Crippen LogP contribution is 2.24. The van der Waals surface area contributed by atoms with Crippen LogP contribution >= 0.6 is 15.9 Å². The molecular formula is C19H19BrN4O. The lowest BCUT2D eigenvalue weighted by molar-refractivity contribution is -0.116. The maximum absolute atomic E-state index is 12.3. The van der Waals surface area contributed by atoms with E-state index in [1.54, 1.807) is 11.0 Å². The molecule has 1 amide bonds. The Labute approximate surface area is 155 Å². The standard InChI is InChI=1S/C19H19BrN4O/c1-14-5-7-15(8-6-14)3-2-4-19(25)23-17-11-16(20)9-10-18(17)24-13-21-12-22-24/h5-13H,2-4H2,1H3,(H,23,25). The van der Waals surface area contributed by atoms with Gasteiger partial charge in [-0.3, -0.25) is 4.79 Å². The van der Waals surface area contributed by atoms with Gasteiger partial charge in [0.1, 0.15) is 12.7 Å². The highest BCUT2D eigenvalue weighted by molar-refractivity contribution is 9.10. The van der Waals surface area contributed by atoms with Crippen LogP contribution in [0.5, 0.6) is 0 Å². The van der Waals surface area contributed by atoms with Crippen LogP contribution in [0.25, 0.3) is 5.69 Å². The number of benzene rings is 2. The number of nitrogens with one attached hydrogen (secondary N) is 1. The molecule has 3 aromatic rings. The third-order valence-corrected chi connectivity index (χ3v) is 4.38. The van der Waals surface area contributed by atoms with Gasteiger partial charge in [0.2, 0.25) is 5.91 Å². The summed E-state index contributed by atoms with van der Waals surface area (Å²) in [5.74, 6) is -0.00780. The molecule has 1 aromatic heterocycles. The van der Waals surface area contributed by atoms with Crippen molar-refractivity contribution >= 4 is 27.5 Å². The fourth-order valence-corrected chi connectivity index (χ4v) is 2.92. The summed E-state index contributed by atoms with van der Waals surface area (Å²) in [6, 6.07) is 14.1. The van der Waals surface area contributed by atoms with Gasteiger partial charge in [-0.25, -0.2) is 9.67 Å². The smallest absolute Gasteiger partial charge is 0.224 e. The summed E-state index contributed by atoms with van der Waals surface area (Å²) in [7, 11) is 0. The van der Waals surface area contributed by atoms with E-state index in [0.29, 0.717) is 12.1 Å². The van der Waals surface area contributed by atoms with Crippen LogP contribution in [0.3, 0.4) is 0 Å². The van der Waals surface area contributed by atoms with Gasteiger partial charge in [0.05, 0.1) is 11.4 Å². The molecule has 2 aromatic carbocycles. The monoisotopic (exact) mass is 398 g/mol. The van der Waals surface area contributed by atoms with Gasteiger partial charge in [-0.15, -0.1) is 0 Å². The predicted octanol–water partition coefficient (Wildman–Crippen LogP) is 4.30. The maximum atomic E-state index is 12.3. The number of rotatable bonds is 6. The van der Waals surface area contributed by atoms with Crippen LogP contribution in [-0.2, 0) is 11.2 Å². The van der Waals surface area contributed by atoms with Crippen molar-refractivity contribution in [2.75, 3.05) is 5.32 Å². The van der Waals surface area contributed by atoms with Crippen molar-refractivity contribution in [2.24, 2.45) is 0 Å². The molecular weight excluding hydrogens is 380 g/mol. The number of carbonyl (C=O) groups is 1. The average molecular weight is 399 g/mol. The summed E-state index contributed by atoms with van der Waals surface area (Å²) in [6.45, 7) is 2.07. The lowest BCUT2D eigenvalue weighted by Gasteiger charge is -2.11. The van der Waals surface area contributed by atoms with Gasteiger partial charge < -0.3 is 5.32 Å². The fraction of sp³-hybridized carbons (Fsp3) is 0.211. The molecule has 0 bridgehead atoms. The Morgan fingerprint density at radius 1 is 1.20 bits per heavy atom. The second-order valence-electron chi connectivity index (χ2n) is 5.89. The molecule has 0 saturated carbocycles. The first-order valence-electron chi connectivity index (χ1n) is 8.12. The Balaban J connectivity index is 1.61. The number of hydrogen-bond acceptors (Lipinski definition) is 3. The molecule has 0 aliphatic heterocycles. The Kier molecular flexibility index (Phi) is 5.60. The lowest BCUT2D eigenvalue weighted by atomic mass is 10.1. The minimum Gasteiger partial charge on any atom is -0.324 e. The van der Waals surface area contributed by atoms with Crippen molar-refractivity contribution in [3.05, 3.63) is 70.7 Å². The SMILES string of the molecule is Cc1ccc(CCCC(=O)Nc2cc(Br)ccc2-n2cncn2)cc1. The average Bonchev–Trinajstić information content (AvgIpc) is 3.11. The number of nitrogens with zero attached hydrogens (tertiary/aromatic N) is 3. The molecule has 0 aliphatic rings. The van der Waals surface area contributed by atoms with E-state index in [9.17, 15) is 4.79 Å². The Hall–Kier alpha value is -2.47. The molecule has 0 atom stereocenters. The first-order valence-corrected chi connectivity index (χ1v) is 8.91. The van der Waals surface area contributed by atoms with Crippen LogP contribution in [-0.4, -0.2) is 20.7 Å². The molecule has 0 radical (unpaired) electrons. The van der Waals surface area contributed by atoms with Gasteiger partial charge in [0.25, 0.3) is 0 Å². The number of halogens is 1. The minimum atomic E-state index is -0.00780. The molecule has 25 heavy (non-hydrogen) atoms. The van der Waals surface area contributed by atoms with E-state index in [1.807, 2.05) is 18.2 Å². The molecule has 0 spiro atoms. The van der Waals surface area contributed by atoms with Crippen molar-refractivity contribution in [3.8, 4) is 5.69 Å². The fourth-order valence-electron chi connectivity index (χ4n) is 2.56. The Morgan fingerprint density at radius 2 is 2.00 bits per heavy atom. The molecule has 3 rings (SSSR count). The largest absolute Gasteiger partial charge is 0.324 e. The summed E-state index contributed by atoms with van der Waals surface area (Å²) in [4.78, 5) is 16.3. The number of aryl methyl sites for hydroxylation is 2. The molecule has 0 unspecified atom stereocenters. The van der Waals surface area contributed by atoms with Crippen LogP contribution in [0.2, 0.25) is 0 Å². The molecule has 0 fully saturated rings. The van der Waals surface area contributed by atoms with E-state index in [-0.39, 0.29) is 5.91 Å². The number of anilines is 1. The number of aromatic nitrogens is 3. The molecule has 1 heterocycles. The van der Waals surface area contributed by atoms with E-state index < -0.39 is 0 Å². The van der Waals surface area contributed by atoms with Crippen LogP contribution in [0, 0.1) is 6.92 Å². The van der Waals surface area contributed by atoms with Crippen LogP contribution < -0.4 is 5.32 Å². The number of hydrogen-bond donors (Lipinski definition) is 1. The molecule has 0 saturated heterocycles. The minimum absolute atomic E-state index is 0.00780. The van der Waals surface area contributed by atoms with E-state index in [1.165, 1.54) is 17.5 Å². The van der Waals surface area contributed by atoms with Gasteiger partial charge in [0, 0.05) is 10.9 Å². The summed E-state index contributed by atoms with van der Waals surface area (Å²) in [5, 5.41) is 7.11. The maximum Gasteiger partial charge on any atom is 0.224 e. The second-order valence-corrected chi connectivity index (χ2v) is 6.80. The molecule has 128 valence electrons. The van der Waals surface area contributed by atoms with E-state index in [0.717, 1.165) is 23.0 Å². The van der Waals surface area contributed by atoms with Crippen LogP contribution in [0.4, 0.5) is 5.69 Å². The van der Waals surface area contributed by atoms with Crippen molar-refractivity contribution in [2.45, 2.75) is 26.2 Å². The van der Waals surface area contributed by atoms with E-state index in [2.05, 4.69) is 62.5 Å². The Bertz CT molecular complexity index is 844. The van der Waals surface area contributed by atoms with Gasteiger partial charge in [-0.05, 0) is 43.5 Å². The third kappa shape index (κ3) is 4.76. The first kappa shape index (κ1) is 17.4. The lowest BCUT2D eigenvalue weighted by Crippen LogP contribution is -2.14. The zero-order valence-corrected chi connectivity index (χ0v) is 15.5. The molecule has 0 aliphatic carbocycles. The van der Waals surface area contributed by atoms with E-state index in [4.69, 9.17) is 0 Å². The summed E-state index contributed by atoms with van der Waals surface area (Å²) in [5.41, 5.74) is 3.99. The van der Waals surface area contributed by atoms with Gasteiger partial charge in [0.15, 0.2) is 0 Å². The van der Waals surface area contributed by atoms with Gasteiger partial charge >= 0.3 is 0 Å². The molecule has 1 N–H and O–H groups in total. The van der Waals surface area contributed by atoms with Crippen molar-refractivity contribution in [1.29, 1.82) is 0 Å². The van der Waals surface area contributed by atoms with Crippen molar-refractivity contribution in [1.82, 2.24) is 14.8 Å². The summed E-state index contributed by atoms with van der Waals surface area (Å²) in [6.07, 6.45) is 5.24. The normalized spacial score (nSPS) is 10.6. The van der Waals surface area contributed by atoms with Crippen molar-refractivity contribution in [3.63, 3.8) is 0 Å². The van der Waals surface area contributed by atoms with Gasteiger partial charge in [-0.1, -0.05) is 45.8 Å². The number of carbonyl (C=O) groups excluding carboxylic acids is 1. The van der Waals surface area contributed by atoms with E-state index >= 15 is 0 Å². The summed E-state index contributed by atoms with van der Waals surface area (Å²) < 4.78 is 2.53. The highest BCUT2D eigenvalue weighted by atomic mass is 79.9. The van der Waals surface area contributed by atoms with Crippen LogP contribution in [0.1, 0.15) is 24.0 Å². The summed E-state index contributed by atoms with van der Waals surface area (Å²) >= 11 is 3.44. The van der Waals surface area contributed by atoms with Crippen LogP contribution in [0.15, 0.2) is 59.6 Å². The molecule has 6 heteroatoms.